The molecule has 20 heavy (non-hydrogen) atoms. The number of thiophene rings is 1. The van der Waals surface area contributed by atoms with Gasteiger partial charge in [-0.15, -0.1) is 11.3 Å². The number of nitrogens with zero attached hydrogens (tertiary/aromatic N) is 2. The molecule has 0 bridgehead atoms. The summed E-state index contributed by atoms with van der Waals surface area (Å²) in [4.78, 5) is 2.57. The monoisotopic (exact) mass is 310 g/mol. The van der Waals surface area contributed by atoms with E-state index in [4.69, 9.17) is 0 Å². The maximum Gasteiger partial charge on any atom is 0.244 e. The molecule has 0 atom stereocenters. The average Bonchev–Trinajstić information content (AvgIpc) is 2.77. The Morgan fingerprint density at radius 2 is 2.00 bits per heavy atom. The summed E-state index contributed by atoms with van der Waals surface area (Å²) < 4.78 is 27.9. The van der Waals surface area contributed by atoms with E-state index in [1.807, 2.05) is 38.4 Å². The molecule has 108 valence electrons. The molecule has 1 aromatic carbocycles. The fourth-order valence-corrected chi connectivity index (χ4v) is 5.71. The van der Waals surface area contributed by atoms with Crippen molar-refractivity contribution in [1.29, 1.82) is 0 Å². The van der Waals surface area contributed by atoms with Gasteiger partial charge in [0.1, 0.15) is 4.90 Å². The Hall–Kier alpha value is -0.950. The van der Waals surface area contributed by atoms with Crippen molar-refractivity contribution in [2.45, 2.75) is 4.90 Å². The molecule has 1 aliphatic heterocycles. The molecule has 0 radical (unpaired) electrons. The van der Waals surface area contributed by atoms with Gasteiger partial charge < -0.3 is 4.90 Å². The summed E-state index contributed by atoms with van der Waals surface area (Å²) in [6, 6.07) is 7.67. The quantitative estimate of drug-likeness (QED) is 0.868. The second kappa shape index (κ2) is 5.11. The third-order valence-corrected chi connectivity index (χ3v) is 6.59. The first-order valence-corrected chi connectivity index (χ1v) is 8.91. The van der Waals surface area contributed by atoms with Gasteiger partial charge in [0, 0.05) is 35.1 Å². The molecule has 0 aliphatic carbocycles. The predicted octanol–water partition coefficient (Wildman–Crippen LogP) is 2.08. The highest BCUT2D eigenvalue weighted by molar-refractivity contribution is 7.89. The number of hydrogen-bond acceptors (Lipinski definition) is 4. The fourth-order valence-electron chi connectivity index (χ4n) is 2.64. The number of sulfonamides is 1. The van der Waals surface area contributed by atoms with Gasteiger partial charge >= 0.3 is 0 Å². The van der Waals surface area contributed by atoms with Gasteiger partial charge in [-0.3, -0.25) is 0 Å². The van der Waals surface area contributed by atoms with Crippen LogP contribution in [0.25, 0.3) is 10.1 Å². The number of rotatable bonds is 4. The highest BCUT2D eigenvalue weighted by Crippen LogP contribution is 2.33. The number of benzene rings is 1. The smallest absolute Gasteiger partial charge is 0.244 e. The van der Waals surface area contributed by atoms with E-state index in [0.29, 0.717) is 23.9 Å². The van der Waals surface area contributed by atoms with Crippen LogP contribution in [-0.2, 0) is 10.0 Å². The van der Waals surface area contributed by atoms with Crippen molar-refractivity contribution in [3.8, 4) is 0 Å². The molecule has 6 heteroatoms. The summed E-state index contributed by atoms with van der Waals surface area (Å²) >= 11 is 1.49. The first kappa shape index (κ1) is 14.0. The van der Waals surface area contributed by atoms with E-state index in [0.717, 1.165) is 16.6 Å². The van der Waals surface area contributed by atoms with Crippen LogP contribution >= 0.6 is 11.3 Å². The number of hydrogen-bond donors (Lipinski definition) is 0. The molecule has 0 N–H and O–H groups in total. The lowest BCUT2D eigenvalue weighted by molar-refractivity contribution is 0.160. The molecule has 4 nitrogen and oxygen atoms in total. The largest absolute Gasteiger partial charge is 0.309 e. The molecule has 3 rings (SSSR count). The molecular formula is C14H18N2O2S2. The van der Waals surface area contributed by atoms with Crippen LogP contribution < -0.4 is 0 Å². The Morgan fingerprint density at radius 1 is 1.30 bits per heavy atom. The summed E-state index contributed by atoms with van der Waals surface area (Å²) in [5.41, 5.74) is 0. The molecule has 0 saturated carbocycles. The second-order valence-electron chi connectivity index (χ2n) is 5.55. The first-order valence-electron chi connectivity index (χ1n) is 6.59. The van der Waals surface area contributed by atoms with Crippen molar-refractivity contribution in [2.75, 3.05) is 33.7 Å². The van der Waals surface area contributed by atoms with E-state index in [-0.39, 0.29) is 0 Å². The zero-order valence-electron chi connectivity index (χ0n) is 11.6. The zero-order chi connectivity index (χ0) is 14.3. The maximum absolute atomic E-state index is 12.6. The Morgan fingerprint density at radius 3 is 2.70 bits per heavy atom. The van der Waals surface area contributed by atoms with Crippen LogP contribution in [0.5, 0.6) is 0 Å². The van der Waals surface area contributed by atoms with Crippen molar-refractivity contribution in [3.05, 3.63) is 29.6 Å². The summed E-state index contributed by atoms with van der Waals surface area (Å²) in [7, 11) is 0.706. The summed E-state index contributed by atoms with van der Waals surface area (Å²) in [6.07, 6.45) is 0. The molecule has 1 aliphatic rings. The van der Waals surface area contributed by atoms with Gasteiger partial charge in [-0.1, -0.05) is 18.2 Å². The van der Waals surface area contributed by atoms with Gasteiger partial charge in [-0.2, -0.15) is 4.31 Å². The zero-order valence-corrected chi connectivity index (χ0v) is 13.2. The lowest BCUT2D eigenvalue weighted by Gasteiger charge is -2.39. The minimum absolute atomic E-state index is 0.449. The van der Waals surface area contributed by atoms with E-state index in [2.05, 4.69) is 4.90 Å². The van der Waals surface area contributed by atoms with Crippen LogP contribution in [0.15, 0.2) is 34.5 Å². The van der Waals surface area contributed by atoms with E-state index < -0.39 is 10.0 Å². The standard InChI is InChI=1S/C14H18N2O2S2/c1-15(2)7-11-8-16(9-11)20(17,18)14-10-19-13-6-4-3-5-12(13)14/h3-6,10-11H,7-9H2,1-2H3. The molecule has 0 amide bonds. The molecule has 2 heterocycles. The molecule has 0 spiro atoms. The van der Waals surface area contributed by atoms with Crippen LogP contribution in [0, 0.1) is 5.92 Å². The lowest BCUT2D eigenvalue weighted by atomic mass is 10.0. The molecule has 1 saturated heterocycles. The third-order valence-electron chi connectivity index (χ3n) is 3.61. The molecule has 2 aromatic rings. The Labute approximate surface area is 123 Å². The van der Waals surface area contributed by atoms with Crippen LogP contribution in [0.4, 0.5) is 0 Å². The average molecular weight is 310 g/mol. The summed E-state index contributed by atoms with van der Waals surface area (Å²) in [6.45, 7) is 2.20. The molecule has 0 unspecified atom stereocenters. The maximum atomic E-state index is 12.6. The van der Waals surface area contributed by atoms with Gasteiger partial charge in [0.05, 0.1) is 0 Å². The summed E-state index contributed by atoms with van der Waals surface area (Å²) in [5.74, 6) is 0.449. The summed E-state index contributed by atoms with van der Waals surface area (Å²) in [5, 5.41) is 2.60. The number of fused-ring (bicyclic) bond motifs is 1. The van der Waals surface area contributed by atoms with Crippen LogP contribution in [-0.4, -0.2) is 51.4 Å². The SMILES string of the molecule is CN(C)CC1CN(S(=O)(=O)c2csc3ccccc23)C1. The third kappa shape index (κ3) is 2.37. The van der Waals surface area contributed by atoms with Crippen molar-refractivity contribution in [1.82, 2.24) is 9.21 Å². The van der Waals surface area contributed by atoms with Crippen molar-refractivity contribution < 1.29 is 8.42 Å². The predicted molar refractivity (Wildman–Crippen MR) is 82.6 cm³/mol. The molecule has 1 fully saturated rings. The van der Waals surface area contributed by atoms with Crippen molar-refractivity contribution in [2.24, 2.45) is 5.92 Å². The van der Waals surface area contributed by atoms with Gasteiger partial charge in [0.2, 0.25) is 10.0 Å². The van der Waals surface area contributed by atoms with Crippen LogP contribution in [0.1, 0.15) is 0 Å². The molecular weight excluding hydrogens is 292 g/mol. The molecule has 1 aromatic heterocycles. The second-order valence-corrected chi connectivity index (χ2v) is 8.36. The minimum Gasteiger partial charge on any atom is -0.309 e. The van der Waals surface area contributed by atoms with Gasteiger partial charge in [-0.05, 0) is 26.1 Å². The van der Waals surface area contributed by atoms with E-state index in [9.17, 15) is 8.42 Å². The Balaban J connectivity index is 1.83. The van der Waals surface area contributed by atoms with Crippen LogP contribution in [0.3, 0.4) is 0 Å². The first-order chi connectivity index (χ1) is 9.48. The lowest BCUT2D eigenvalue weighted by Crippen LogP contribution is -2.52. The van der Waals surface area contributed by atoms with Gasteiger partial charge in [0.15, 0.2) is 0 Å². The van der Waals surface area contributed by atoms with Crippen LogP contribution in [0.2, 0.25) is 0 Å². The normalized spacial score (nSPS) is 17.8. The Kier molecular flexibility index (Phi) is 3.58. The van der Waals surface area contributed by atoms with E-state index in [1.54, 1.807) is 9.69 Å². The Bertz CT molecular complexity index is 716. The van der Waals surface area contributed by atoms with Gasteiger partial charge in [0.25, 0.3) is 0 Å². The van der Waals surface area contributed by atoms with Crippen molar-refractivity contribution in [3.63, 3.8) is 0 Å². The van der Waals surface area contributed by atoms with Crippen molar-refractivity contribution >= 4 is 31.4 Å². The van der Waals surface area contributed by atoms with E-state index in [1.165, 1.54) is 11.3 Å². The fraction of sp³-hybridized carbons (Fsp3) is 0.429. The topological polar surface area (TPSA) is 40.6 Å². The highest BCUT2D eigenvalue weighted by atomic mass is 32.2. The highest BCUT2D eigenvalue weighted by Gasteiger charge is 2.37. The minimum atomic E-state index is -3.33. The van der Waals surface area contributed by atoms with E-state index >= 15 is 0 Å². The van der Waals surface area contributed by atoms with Gasteiger partial charge in [-0.25, -0.2) is 8.42 Å².